The summed E-state index contributed by atoms with van der Waals surface area (Å²) in [5.74, 6) is -0.242. The third kappa shape index (κ3) is 4.32. The molecule has 6 nitrogen and oxygen atoms in total. The second-order valence-corrected chi connectivity index (χ2v) is 4.66. The lowest BCUT2D eigenvalue weighted by Crippen LogP contribution is -2.19. The first kappa shape index (κ1) is 15.5. The van der Waals surface area contributed by atoms with Crippen LogP contribution in [0, 0.1) is 0 Å². The summed E-state index contributed by atoms with van der Waals surface area (Å²) in [6.45, 7) is 0.444. The quantitative estimate of drug-likeness (QED) is 0.792. The van der Waals surface area contributed by atoms with Crippen LogP contribution in [0.2, 0.25) is 0 Å². The number of nitrogens with two attached hydrogens (primary N) is 1. The van der Waals surface area contributed by atoms with E-state index in [1.165, 1.54) is 0 Å². The third-order valence-corrected chi connectivity index (χ3v) is 2.89. The summed E-state index contributed by atoms with van der Waals surface area (Å²) in [6.07, 6.45) is 0. The number of hydrogen-bond donors (Lipinski definition) is 3. The smallest absolute Gasteiger partial charge is 0.316 e. The van der Waals surface area contributed by atoms with Crippen molar-refractivity contribution in [3.05, 3.63) is 59.7 Å². The van der Waals surface area contributed by atoms with Crippen molar-refractivity contribution in [3.8, 4) is 0 Å². The minimum Gasteiger partial charge on any atom is -0.380 e. The first-order valence-electron chi connectivity index (χ1n) is 6.64. The number of urea groups is 1. The normalized spacial score (nSPS) is 10.0. The lowest BCUT2D eigenvalue weighted by molar-refractivity contribution is 0.102. The molecule has 0 aliphatic rings. The summed E-state index contributed by atoms with van der Waals surface area (Å²) in [4.78, 5) is 23.1. The highest BCUT2D eigenvalue weighted by molar-refractivity contribution is 6.04. The zero-order valence-electron chi connectivity index (χ0n) is 12.1. The lowest BCUT2D eigenvalue weighted by Gasteiger charge is -2.08. The number of carbonyl (C=O) groups is 2. The summed E-state index contributed by atoms with van der Waals surface area (Å²) in [6, 6.07) is 13.3. The molecule has 4 N–H and O–H groups in total. The predicted octanol–water partition coefficient (Wildman–Crippen LogP) is 2.58. The van der Waals surface area contributed by atoms with Gasteiger partial charge in [-0.2, -0.15) is 0 Å². The van der Waals surface area contributed by atoms with Crippen molar-refractivity contribution in [3.63, 3.8) is 0 Å². The Hall–Kier alpha value is -2.86. The molecule has 0 fully saturated rings. The van der Waals surface area contributed by atoms with E-state index in [-0.39, 0.29) is 5.91 Å². The molecule has 0 spiro atoms. The second-order valence-electron chi connectivity index (χ2n) is 4.66. The molecule has 0 aliphatic heterocycles. The molecule has 6 heteroatoms. The van der Waals surface area contributed by atoms with E-state index < -0.39 is 6.03 Å². The number of amides is 3. The van der Waals surface area contributed by atoms with Gasteiger partial charge in [0.05, 0.1) is 6.61 Å². The van der Waals surface area contributed by atoms with Gasteiger partial charge in [-0.1, -0.05) is 18.2 Å². The fraction of sp³-hybridized carbons (Fsp3) is 0.125. The fourth-order valence-electron chi connectivity index (χ4n) is 1.99. The fourth-order valence-corrected chi connectivity index (χ4v) is 1.99. The summed E-state index contributed by atoms with van der Waals surface area (Å²) < 4.78 is 5.05. The first-order chi connectivity index (χ1) is 10.6. The van der Waals surface area contributed by atoms with E-state index in [1.54, 1.807) is 49.6 Å². The van der Waals surface area contributed by atoms with Crippen LogP contribution in [0.4, 0.5) is 16.2 Å². The second kappa shape index (κ2) is 7.24. The predicted molar refractivity (Wildman–Crippen MR) is 84.8 cm³/mol. The Balaban J connectivity index is 2.11. The lowest BCUT2D eigenvalue weighted by atomic mass is 10.1. The molecule has 22 heavy (non-hydrogen) atoms. The Morgan fingerprint density at radius 1 is 1.05 bits per heavy atom. The zero-order chi connectivity index (χ0) is 15.9. The number of carbonyl (C=O) groups excluding carboxylic acids is 2. The number of ether oxygens (including phenoxy) is 1. The number of nitrogens with one attached hydrogen (secondary N) is 2. The summed E-state index contributed by atoms with van der Waals surface area (Å²) >= 11 is 0. The van der Waals surface area contributed by atoms with Gasteiger partial charge in [0.1, 0.15) is 0 Å². The van der Waals surface area contributed by atoms with Gasteiger partial charge in [-0.15, -0.1) is 0 Å². The highest BCUT2D eigenvalue weighted by Gasteiger charge is 2.07. The van der Waals surface area contributed by atoms with Gasteiger partial charge in [-0.05, 0) is 35.9 Å². The number of methoxy groups -OCH3 is 1. The van der Waals surface area contributed by atoms with Crippen molar-refractivity contribution >= 4 is 23.3 Å². The average molecular weight is 299 g/mol. The molecular formula is C16H17N3O3. The Kier molecular flexibility index (Phi) is 5.11. The van der Waals surface area contributed by atoms with Gasteiger partial charge in [0.2, 0.25) is 0 Å². The van der Waals surface area contributed by atoms with E-state index >= 15 is 0 Å². The molecule has 0 radical (unpaired) electrons. The van der Waals surface area contributed by atoms with Crippen LogP contribution in [-0.2, 0) is 11.3 Å². The van der Waals surface area contributed by atoms with Crippen LogP contribution in [0.15, 0.2) is 48.5 Å². The molecule has 2 aromatic carbocycles. The van der Waals surface area contributed by atoms with Crippen molar-refractivity contribution in [2.45, 2.75) is 6.61 Å². The molecule has 2 aromatic rings. The standard InChI is InChI=1S/C16H17N3O3/c1-22-10-11-4-2-5-12(8-11)15(20)18-13-6-3-7-14(9-13)19-16(17)21/h2-9H,10H2,1H3,(H,18,20)(H3,17,19,21). The van der Waals surface area contributed by atoms with Crippen molar-refractivity contribution in [2.75, 3.05) is 17.7 Å². The molecule has 0 heterocycles. The largest absolute Gasteiger partial charge is 0.380 e. The number of hydrogen-bond acceptors (Lipinski definition) is 3. The van der Waals surface area contributed by atoms with Gasteiger partial charge in [0, 0.05) is 24.0 Å². The van der Waals surface area contributed by atoms with Crippen molar-refractivity contribution < 1.29 is 14.3 Å². The Morgan fingerprint density at radius 3 is 2.41 bits per heavy atom. The minimum absolute atomic E-state index is 0.242. The maximum absolute atomic E-state index is 12.2. The van der Waals surface area contributed by atoms with Crippen molar-refractivity contribution in [1.82, 2.24) is 0 Å². The van der Waals surface area contributed by atoms with Crippen LogP contribution in [0.1, 0.15) is 15.9 Å². The van der Waals surface area contributed by atoms with E-state index in [0.29, 0.717) is 23.5 Å². The number of primary amides is 1. The summed E-state index contributed by atoms with van der Waals surface area (Å²) in [5.41, 5.74) is 7.58. The maximum atomic E-state index is 12.2. The van der Waals surface area contributed by atoms with E-state index in [9.17, 15) is 9.59 Å². The molecule has 114 valence electrons. The maximum Gasteiger partial charge on any atom is 0.316 e. The summed E-state index contributed by atoms with van der Waals surface area (Å²) in [5, 5.41) is 5.22. The van der Waals surface area contributed by atoms with Crippen LogP contribution in [-0.4, -0.2) is 19.0 Å². The van der Waals surface area contributed by atoms with E-state index in [4.69, 9.17) is 10.5 Å². The zero-order valence-corrected chi connectivity index (χ0v) is 12.1. The first-order valence-corrected chi connectivity index (χ1v) is 6.64. The monoisotopic (exact) mass is 299 g/mol. The molecule has 0 aromatic heterocycles. The Morgan fingerprint density at radius 2 is 1.73 bits per heavy atom. The topological polar surface area (TPSA) is 93.4 Å². The van der Waals surface area contributed by atoms with E-state index in [0.717, 1.165) is 5.56 Å². The molecule has 3 amide bonds. The number of benzene rings is 2. The SMILES string of the molecule is COCc1cccc(C(=O)Nc2cccc(NC(N)=O)c2)c1. The Bertz CT molecular complexity index is 686. The van der Waals surface area contributed by atoms with Crippen molar-refractivity contribution in [2.24, 2.45) is 5.73 Å². The van der Waals surface area contributed by atoms with Gasteiger partial charge >= 0.3 is 6.03 Å². The third-order valence-electron chi connectivity index (χ3n) is 2.89. The van der Waals surface area contributed by atoms with Crippen LogP contribution < -0.4 is 16.4 Å². The molecule has 2 rings (SSSR count). The van der Waals surface area contributed by atoms with Crippen molar-refractivity contribution in [1.29, 1.82) is 0 Å². The molecule has 0 aliphatic carbocycles. The average Bonchev–Trinajstić information content (AvgIpc) is 2.47. The minimum atomic E-state index is -0.657. The summed E-state index contributed by atoms with van der Waals surface area (Å²) in [7, 11) is 1.60. The molecule has 0 atom stereocenters. The number of anilines is 2. The molecule has 0 saturated heterocycles. The van der Waals surface area contributed by atoms with Crippen LogP contribution >= 0.6 is 0 Å². The van der Waals surface area contributed by atoms with Gasteiger partial charge < -0.3 is 21.1 Å². The van der Waals surface area contributed by atoms with Crippen LogP contribution in [0.5, 0.6) is 0 Å². The van der Waals surface area contributed by atoms with Gasteiger partial charge in [0.15, 0.2) is 0 Å². The molecular weight excluding hydrogens is 282 g/mol. The van der Waals surface area contributed by atoms with Gasteiger partial charge in [-0.25, -0.2) is 4.79 Å². The Labute approximate surface area is 128 Å². The van der Waals surface area contributed by atoms with E-state index in [1.807, 2.05) is 6.07 Å². The van der Waals surface area contributed by atoms with Crippen LogP contribution in [0.3, 0.4) is 0 Å². The van der Waals surface area contributed by atoms with E-state index in [2.05, 4.69) is 10.6 Å². The van der Waals surface area contributed by atoms with Crippen LogP contribution in [0.25, 0.3) is 0 Å². The van der Waals surface area contributed by atoms with Gasteiger partial charge in [-0.3, -0.25) is 4.79 Å². The molecule has 0 bridgehead atoms. The molecule has 0 unspecified atom stereocenters. The molecule has 0 saturated carbocycles. The highest BCUT2D eigenvalue weighted by Crippen LogP contribution is 2.16. The highest BCUT2D eigenvalue weighted by atomic mass is 16.5. The number of rotatable bonds is 5. The van der Waals surface area contributed by atoms with Gasteiger partial charge in [0.25, 0.3) is 5.91 Å².